The first-order chi connectivity index (χ1) is 7.47. The van der Waals surface area contributed by atoms with Gasteiger partial charge in [-0.05, 0) is 44.0 Å². The van der Waals surface area contributed by atoms with Crippen molar-refractivity contribution in [2.24, 2.45) is 5.73 Å². The zero-order valence-corrected chi connectivity index (χ0v) is 10.4. The minimum absolute atomic E-state index is 0.0288. The molecule has 1 aromatic rings. The Hall–Kier alpha value is -1.35. The number of aryl methyl sites for hydroxylation is 2. The molecule has 16 heavy (non-hydrogen) atoms. The molecule has 0 aliphatic heterocycles. The van der Waals surface area contributed by atoms with Crippen LogP contribution in [0.25, 0.3) is 0 Å². The molecular formula is C13H20N2O. The molecule has 0 fully saturated rings. The fraction of sp³-hybridized carbons (Fsp3) is 0.462. The quantitative estimate of drug-likeness (QED) is 0.843. The van der Waals surface area contributed by atoms with Crippen LogP contribution in [-0.4, -0.2) is 30.4 Å². The summed E-state index contributed by atoms with van der Waals surface area (Å²) in [5.74, 6) is 0.0288. The number of carbonyl (C=O) groups is 1. The molecule has 0 saturated carbocycles. The first-order valence-corrected chi connectivity index (χ1v) is 5.52. The molecule has 1 rings (SSSR count). The van der Waals surface area contributed by atoms with Gasteiger partial charge in [0.1, 0.15) is 0 Å². The third-order valence-electron chi connectivity index (χ3n) is 3.08. The maximum absolute atomic E-state index is 12.1. The van der Waals surface area contributed by atoms with Crippen LogP contribution >= 0.6 is 0 Å². The smallest absolute Gasteiger partial charge is 0.253 e. The Morgan fingerprint density at radius 1 is 1.38 bits per heavy atom. The highest BCUT2D eigenvalue weighted by molar-refractivity contribution is 5.94. The van der Waals surface area contributed by atoms with Crippen LogP contribution in [0.3, 0.4) is 0 Å². The summed E-state index contributed by atoms with van der Waals surface area (Å²) in [7, 11) is 1.79. The lowest BCUT2D eigenvalue weighted by Crippen LogP contribution is -2.39. The van der Waals surface area contributed by atoms with E-state index in [-0.39, 0.29) is 11.9 Å². The minimum atomic E-state index is 0.0288. The van der Waals surface area contributed by atoms with Gasteiger partial charge in [0.15, 0.2) is 0 Å². The number of likely N-dealkylation sites (N-methyl/N-ethyl adjacent to an activating group) is 1. The van der Waals surface area contributed by atoms with E-state index in [2.05, 4.69) is 0 Å². The van der Waals surface area contributed by atoms with E-state index in [4.69, 9.17) is 5.73 Å². The molecule has 88 valence electrons. The average molecular weight is 220 g/mol. The SMILES string of the molecule is Cc1ccc(C(=O)N(C)[C@H](C)CN)cc1C. The minimum Gasteiger partial charge on any atom is -0.338 e. The fourth-order valence-electron chi connectivity index (χ4n) is 1.44. The number of carbonyl (C=O) groups excluding carboxylic acids is 1. The van der Waals surface area contributed by atoms with Crippen LogP contribution < -0.4 is 5.73 Å². The summed E-state index contributed by atoms with van der Waals surface area (Å²) < 4.78 is 0. The highest BCUT2D eigenvalue weighted by atomic mass is 16.2. The Labute approximate surface area is 97.2 Å². The van der Waals surface area contributed by atoms with Crippen molar-refractivity contribution in [2.75, 3.05) is 13.6 Å². The molecule has 3 nitrogen and oxygen atoms in total. The van der Waals surface area contributed by atoms with E-state index in [1.807, 2.05) is 39.0 Å². The lowest BCUT2D eigenvalue weighted by Gasteiger charge is -2.23. The number of nitrogens with two attached hydrogens (primary N) is 1. The summed E-state index contributed by atoms with van der Waals surface area (Å²) in [5.41, 5.74) is 8.62. The third kappa shape index (κ3) is 2.61. The van der Waals surface area contributed by atoms with E-state index in [1.165, 1.54) is 5.56 Å². The topological polar surface area (TPSA) is 46.3 Å². The summed E-state index contributed by atoms with van der Waals surface area (Å²) in [6.07, 6.45) is 0. The highest BCUT2D eigenvalue weighted by Gasteiger charge is 2.16. The van der Waals surface area contributed by atoms with Crippen molar-refractivity contribution in [3.05, 3.63) is 34.9 Å². The third-order valence-corrected chi connectivity index (χ3v) is 3.08. The van der Waals surface area contributed by atoms with Crippen LogP contribution in [0, 0.1) is 13.8 Å². The Morgan fingerprint density at radius 2 is 2.00 bits per heavy atom. The van der Waals surface area contributed by atoms with Crippen molar-refractivity contribution in [3.63, 3.8) is 0 Å². The second kappa shape index (κ2) is 5.12. The van der Waals surface area contributed by atoms with Gasteiger partial charge in [-0.2, -0.15) is 0 Å². The normalized spacial score (nSPS) is 12.3. The molecule has 1 amide bonds. The molecule has 2 N–H and O–H groups in total. The van der Waals surface area contributed by atoms with Crippen LogP contribution in [-0.2, 0) is 0 Å². The monoisotopic (exact) mass is 220 g/mol. The molecule has 0 saturated heterocycles. The summed E-state index contributed by atoms with van der Waals surface area (Å²) in [4.78, 5) is 13.8. The van der Waals surface area contributed by atoms with Crippen LogP contribution in [0.2, 0.25) is 0 Å². The molecule has 0 aliphatic rings. The maximum Gasteiger partial charge on any atom is 0.253 e. The molecule has 0 spiro atoms. The van der Waals surface area contributed by atoms with E-state index >= 15 is 0 Å². The molecule has 0 unspecified atom stereocenters. The Kier molecular flexibility index (Phi) is 4.07. The van der Waals surface area contributed by atoms with E-state index < -0.39 is 0 Å². The predicted molar refractivity (Wildman–Crippen MR) is 66.5 cm³/mol. The number of hydrogen-bond donors (Lipinski definition) is 1. The summed E-state index contributed by atoms with van der Waals surface area (Å²) >= 11 is 0. The van der Waals surface area contributed by atoms with Gasteiger partial charge in [-0.3, -0.25) is 4.79 Å². The largest absolute Gasteiger partial charge is 0.338 e. The first-order valence-electron chi connectivity index (χ1n) is 5.52. The molecule has 0 aromatic heterocycles. The molecule has 0 heterocycles. The van der Waals surface area contributed by atoms with Gasteiger partial charge >= 0.3 is 0 Å². The standard InChI is InChI=1S/C13H20N2O/c1-9-5-6-12(7-10(9)2)13(16)15(4)11(3)8-14/h5-7,11H,8,14H2,1-4H3/t11-/m1/s1. The maximum atomic E-state index is 12.1. The number of benzene rings is 1. The van der Waals surface area contributed by atoms with Gasteiger partial charge in [-0.1, -0.05) is 6.07 Å². The van der Waals surface area contributed by atoms with Gasteiger partial charge < -0.3 is 10.6 Å². The lowest BCUT2D eigenvalue weighted by atomic mass is 10.1. The van der Waals surface area contributed by atoms with Gasteiger partial charge in [-0.15, -0.1) is 0 Å². The van der Waals surface area contributed by atoms with E-state index in [0.29, 0.717) is 6.54 Å². The lowest BCUT2D eigenvalue weighted by molar-refractivity contribution is 0.0748. The van der Waals surface area contributed by atoms with Gasteiger partial charge in [0.2, 0.25) is 0 Å². The van der Waals surface area contributed by atoms with E-state index in [9.17, 15) is 4.79 Å². The number of nitrogens with zero attached hydrogens (tertiary/aromatic N) is 1. The molecule has 1 aromatic carbocycles. The molecule has 0 aliphatic carbocycles. The number of rotatable bonds is 3. The van der Waals surface area contributed by atoms with Crippen molar-refractivity contribution in [1.82, 2.24) is 4.90 Å². The summed E-state index contributed by atoms with van der Waals surface area (Å²) in [6, 6.07) is 5.83. The van der Waals surface area contributed by atoms with Crippen molar-refractivity contribution >= 4 is 5.91 Å². The van der Waals surface area contributed by atoms with Crippen molar-refractivity contribution < 1.29 is 4.79 Å². The van der Waals surface area contributed by atoms with Gasteiger partial charge in [0.25, 0.3) is 5.91 Å². The molecule has 3 heteroatoms. The van der Waals surface area contributed by atoms with Crippen molar-refractivity contribution in [3.8, 4) is 0 Å². The second-order valence-corrected chi connectivity index (χ2v) is 4.30. The van der Waals surface area contributed by atoms with E-state index in [1.54, 1.807) is 11.9 Å². The van der Waals surface area contributed by atoms with Gasteiger partial charge in [0.05, 0.1) is 0 Å². The molecule has 0 radical (unpaired) electrons. The first kappa shape index (κ1) is 12.7. The zero-order chi connectivity index (χ0) is 12.3. The van der Waals surface area contributed by atoms with E-state index in [0.717, 1.165) is 11.1 Å². The van der Waals surface area contributed by atoms with Crippen molar-refractivity contribution in [1.29, 1.82) is 0 Å². The van der Waals surface area contributed by atoms with Crippen LogP contribution in [0.5, 0.6) is 0 Å². The second-order valence-electron chi connectivity index (χ2n) is 4.30. The van der Waals surface area contributed by atoms with Crippen LogP contribution in [0.15, 0.2) is 18.2 Å². The molecule has 0 bridgehead atoms. The summed E-state index contributed by atoms with van der Waals surface area (Å²) in [6.45, 7) is 6.47. The van der Waals surface area contributed by atoms with Crippen molar-refractivity contribution in [2.45, 2.75) is 26.8 Å². The number of amides is 1. The zero-order valence-electron chi connectivity index (χ0n) is 10.4. The van der Waals surface area contributed by atoms with Gasteiger partial charge in [0, 0.05) is 25.2 Å². The number of hydrogen-bond acceptors (Lipinski definition) is 2. The highest BCUT2D eigenvalue weighted by Crippen LogP contribution is 2.12. The van der Waals surface area contributed by atoms with Crippen LogP contribution in [0.1, 0.15) is 28.4 Å². The molecular weight excluding hydrogens is 200 g/mol. The van der Waals surface area contributed by atoms with Crippen LogP contribution in [0.4, 0.5) is 0 Å². The van der Waals surface area contributed by atoms with Gasteiger partial charge in [-0.25, -0.2) is 0 Å². The average Bonchev–Trinajstić information content (AvgIpc) is 2.29. The Bertz CT molecular complexity index is 388. The predicted octanol–water partition coefficient (Wildman–Crippen LogP) is 1.72. The summed E-state index contributed by atoms with van der Waals surface area (Å²) in [5, 5.41) is 0. The Balaban J connectivity index is 2.92. The fourth-order valence-corrected chi connectivity index (χ4v) is 1.44. The molecule has 1 atom stereocenters. The Morgan fingerprint density at radius 3 is 2.50 bits per heavy atom.